The number of sulfonamides is 1. The van der Waals surface area contributed by atoms with E-state index in [-0.39, 0.29) is 23.3 Å². The number of hydrogen-bond donors (Lipinski definition) is 0. The average molecular weight is 425 g/mol. The molecule has 0 radical (unpaired) electrons. The fourth-order valence-electron chi connectivity index (χ4n) is 3.58. The van der Waals surface area contributed by atoms with Gasteiger partial charge >= 0.3 is 0 Å². The summed E-state index contributed by atoms with van der Waals surface area (Å²) in [6.45, 7) is 2.92. The van der Waals surface area contributed by atoms with Gasteiger partial charge in [0.2, 0.25) is 10.0 Å². The first-order valence-corrected chi connectivity index (χ1v) is 10.6. The van der Waals surface area contributed by atoms with Gasteiger partial charge in [0.15, 0.2) is 11.5 Å². The van der Waals surface area contributed by atoms with Crippen LogP contribution in [0.5, 0.6) is 11.5 Å². The van der Waals surface area contributed by atoms with Gasteiger partial charge in [-0.05, 0) is 24.7 Å². The summed E-state index contributed by atoms with van der Waals surface area (Å²) in [5, 5.41) is 0. The van der Waals surface area contributed by atoms with E-state index in [1.165, 1.54) is 0 Å². The van der Waals surface area contributed by atoms with Gasteiger partial charge in [0.25, 0.3) is 0 Å². The number of likely N-dealkylation sites (N-methyl/N-ethyl adjacent to an activating group) is 1. The lowest BCUT2D eigenvalue weighted by molar-refractivity contribution is 0.160. The number of nitrogens with zero attached hydrogens (tertiary/aromatic N) is 2. The molecule has 2 aromatic rings. The first-order chi connectivity index (χ1) is 13.1. The molecule has 0 bridgehead atoms. The minimum Gasteiger partial charge on any atom is -0.490 e. The molecule has 2 heterocycles. The molecule has 1 saturated heterocycles. The second kappa shape index (κ2) is 8.69. The van der Waals surface area contributed by atoms with Gasteiger partial charge in [0, 0.05) is 32.1 Å². The van der Waals surface area contributed by atoms with E-state index in [4.69, 9.17) is 9.47 Å². The van der Waals surface area contributed by atoms with Crippen molar-refractivity contribution in [3.8, 4) is 11.5 Å². The number of piperazine rings is 1. The molecular weight excluding hydrogens is 400 g/mol. The van der Waals surface area contributed by atoms with Crippen molar-refractivity contribution in [2.45, 2.75) is 17.4 Å². The van der Waals surface area contributed by atoms with Crippen molar-refractivity contribution in [2.24, 2.45) is 0 Å². The molecule has 2 aliphatic heterocycles. The van der Waals surface area contributed by atoms with E-state index in [9.17, 15) is 8.42 Å². The van der Waals surface area contributed by atoms with Gasteiger partial charge in [0.1, 0.15) is 0 Å². The molecule has 6 nitrogen and oxygen atoms in total. The highest BCUT2D eigenvalue weighted by Gasteiger charge is 2.36. The highest BCUT2D eigenvalue weighted by molar-refractivity contribution is 7.89. The molecule has 0 saturated carbocycles. The number of benzene rings is 2. The third kappa shape index (κ3) is 4.12. The van der Waals surface area contributed by atoms with Crippen LogP contribution in [-0.2, 0) is 10.0 Å². The quantitative estimate of drug-likeness (QED) is 0.758. The Kier molecular flexibility index (Phi) is 6.50. The fourth-order valence-corrected chi connectivity index (χ4v) is 5.19. The standard InChI is InChI=1S/C20H24N2O4S.ClH/c1-21-10-11-22(18(15-21)16-6-3-2-4-7-16)27(23,24)17-8-9-19-20(14-17)26-13-5-12-25-19;/h2-4,6-9,14,18H,5,10-13,15H2,1H3;1H. The Hall–Kier alpha value is -1.80. The van der Waals surface area contributed by atoms with Crippen molar-refractivity contribution in [3.05, 3.63) is 54.1 Å². The van der Waals surface area contributed by atoms with E-state index in [1.54, 1.807) is 22.5 Å². The molecule has 1 unspecified atom stereocenters. The summed E-state index contributed by atoms with van der Waals surface area (Å²) in [6, 6.07) is 14.5. The first kappa shape index (κ1) is 20.9. The molecule has 4 rings (SSSR count). The monoisotopic (exact) mass is 424 g/mol. The van der Waals surface area contributed by atoms with Crippen molar-refractivity contribution in [2.75, 3.05) is 39.9 Å². The van der Waals surface area contributed by atoms with Crippen LogP contribution in [-0.4, -0.2) is 57.5 Å². The molecule has 1 fully saturated rings. The third-order valence-electron chi connectivity index (χ3n) is 5.04. The summed E-state index contributed by atoms with van der Waals surface area (Å²) in [7, 11) is -1.64. The molecule has 0 spiro atoms. The number of rotatable bonds is 3. The Morgan fingerprint density at radius 1 is 0.964 bits per heavy atom. The maximum absolute atomic E-state index is 13.5. The van der Waals surface area contributed by atoms with Crippen LogP contribution in [0.15, 0.2) is 53.4 Å². The molecule has 0 aromatic heterocycles. The number of fused-ring (bicyclic) bond motifs is 1. The molecular formula is C20H25ClN2O4S. The lowest BCUT2D eigenvalue weighted by Gasteiger charge is -2.39. The maximum atomic E-state index is 13.5. The largest absolute Gasteiger partial charge is 0.490 e. The Balaban J connectivity index is 0.00000225. The van der Waals surface area contributed by atoms with E-state index in [1.807, 2.05) is 37.4 Å². The van der Waals surface area contributed by atoms with Crippen molar-refractivity contribution in [1.82, 2.24) is 9.21 Å². The van der Waals surface area contributed by atoms with Crippen molar-refractivity contribution < 1.29 is 17.9 Å². The fraction of sp³-hybridized carbons (Fsp3) is 0.400. The highest BCUT2D eigenvalue weighted by Crippen LogP contribution is 2.36. The number of hydrogen-bond acceptors (Lipinski definition) is 5. The zero-order valence-corrected chi connectivity index (χ0v) is 17.4. The van der Waals surface area contributed by atoms with E-state index >= 15 is 0 Å². The van der Waals surface area contributed by atoms with Gasteiger partial charge in [-0.1, -0.05) is 30.3 Å². The molecule has 152 valence electrons. The maximum Gasteiger partial charge on any atom is 0.243 e. The minimum absolute atomic E-state index is 0. The minimum atomic E-state index is -3.66. The van der Waals surface area contributed by atoms with E-state index in [2.05, 4.69) is 4.90 Å². The molecule has 2 aromatic carbocycles. The van der Waals surface area contributed by atoms with Crippen molar-refractivity contribution in [1.29, 1.82) is 0 Å². The summed E-state index contributed by atoms with van der Waals surface area (Å²) < 4.78 is 39.8. The van der Waals surface area contributed by atoms with Crippen LogP contribution in [0, 0.1) is 0 Å². The van der Waals surface area contributed by atoms with Crippen LogP contribution < -0.4 is 9.47 Å². The van der Waals surface area contributed by atoms with Crippen LogP contribution in [0.2, 0.25) is 0 Å². The van der Waals surface area contributed by atoms with Crippen LogP contribution in [0.25, 0.3) is 0 Å². The Labute approximate surface area is 172 Å². The van der Waals surface area contributed by atoms with Gasteiger partial charge in [-0.15, -0.1) is 12.4 Å². The van der Waals surface area contributed by atoms with Crippen molar-refractivity contribution in [3.63, 3.8) is 0 Å². The highest BCUT2D eigenvalue weighted by atomic mass is 35.5. The lowest BCUT2D eigenvalue weighted by Crippen LogP contribution is -2.49. The second-order valence-electron chi connectivity index (χ2n) is 6.96. The van der Waals surface area contributed by atoms with E-state index in [0.717, 1.165) is 12.0 Å². The number of ether oxygens (including phenoxy) is 2. The van der Waals surface area contributed by atoms with Crippen molar-refractivity contribution >= 4 is 22.4 Å². The zero-order valence-electron chi connectivity index (χ0n) is 15.8. The van der Waals surface area contributed by atoms with Gasteiger partial charge < -0.3 is 14.4 Å². The topological polar surface area (TPSA) is 59.1 Å². The zero-order chi connectivity index (χ0) is 18.9. The summed E-state index contributed by atoms with van der Waals surface area (Å²) in [5.41, 5.74) is 1.00. The molecule has 0 N–H and O–H groups in total. The summed E-state index contributed by atoms with van der Waals surface area (Å²) in [5.74, 6) is 1.10. The second-order valence-corrected chi connectivity index (χ2v) is 8.85. The van der Waals surface area contributed by atoms with E-state index < -0.39 is 10.0 Å². The Bertz CT molecular complexity index is 908. The van der Waals surface area contributed by atoms with Gasteiger partial charge in [-0.3, -0.25) is 0 Å². The predicted molar refractivity (Wildman–Crippen MR) is 110 cm³/mol. The van der Waals surface area contributed by atoms with Crippen LogP contribution in [0.1, 0.15) is 18.0 Å². The summed E-state index contributed by atoms with van der Waals surface area (Å²) in [4.78, 5) is 2.41. The first-order valence-electron chi connectivity index (χ1n) is 9.21. The molecule has 28 heavy (non-hydrogen) atoms. The Morgan fingerprint density at radius 3 is 2.43 bits per heavy atom. The molecule has 0 aliphatic carbocycles. The normalized spacial score (nSPS) is 20.8. The Morgan fingerprint density at radius 2 is 1.68 bits per heavy atom. The summed E-state index contributed by atoms with van der Waals surface area (Å²) in [6.07, 6.45) is 0.783. The smallest absolute Gasteiger partial charge is 0.243 e. The molecule has 0 amide bonds. The number of halogens is 1. The molecule has 8 heteroatoms. The lowest BCUT2D eigenvalue weighted by atomic mass is 10.1. The molecule has 1 atom stereocenters. The van der Waals surface area contributed by atoms with Crippen LogP contribution in [0.3, 0.4) is 0 Å². The molecule has 2 aliphatic rings. The van der Waals surface area contributed by atoms with E-state index in [0.29, 0.717) is 44.3 Å². The average Bonchev–Trinajstić information content (AvgIpc) is 2.93. The SMILES string of the molecule is CN1CCN(S(=O)(=O)c2ccc3c(c2)OCCCO3)C(c2ccccc2)C1.Cl. The third-order valence-corrected chi connectivity index (χ3v) is 6.95. The van der Waals surface area contributed by atoms with Gasteiger partial charge in [-0.2, -0.15) is 4.31 Å². The van der Waals surface area contributed by atoms with Gasteiger partial charge in [-0.25, -0.2) is 8.42 Å². The predicted octanol–water partition coefficient (Wildman–Crippen LogP) is 2.95. The van der Waals surface area contributed by atoms with Gasteiger partial charge in [0.05, 0.1) is 24.2 Å². The van der Waals surface area contributed by atoms with Crippen LogP contribution in [0.4, 0.5) is 0 Å². The van der Waals surface area contributed by atoms with Crippen LogP contribution >= 0.6 is 12.4 Å². The summed E-state index contributed by atoms with van der Waals surface area (Å²) >= 11 is 0.